The smallest absolute Gasteiger partial charge is 0.458 e. The van der Waals surface area contributed by atoms with Crippen LogP contribution in [0.3, 0.4) is 0 Å². The van der Waals surface area contributed by atoms with Crippen LogP contribution in [0.5, 0.6) is 5.75 Å². The summed E-state index contributed by atoms with van der Waals surface area (Å²) in [4.78, 5) is 0. The third kappa shape index (κ3) is 5.88. The first-order valence-electron chi connectivity index (χ1n) is 10.4. The molecule has 0 aromatic heterocycles. The van der Waals surface area contributed by atoms with Gasteiger partial charge in [-0.25, -0.2) is 0 Å². The van der Waals surface area contributed by atoms with E-state index in [0.29, 0.717) is 11.3 Å². The van der Waals surface area contributed by atoms with Crippen molar-refractivity contribution in [1.82, 2.24) is 0 Å². The van der Waals surface area contributed by atoms with Crippen molar-refractivity contribution >= 4 is 30.4 Å². The minimum Gasteiger partial charge on any atom is -0.508 e. The number of rotatable bonds is 8. The Bertz CT molecular complexity index is 937. The molecule has 0 radical (unpaired) electrons. The number of hydrogen-bond donors (Lipinski definition) is 2. The summed E-state index contributed by atoms with van der Waals surface area (Å²) in [7, 11) is -0.774. The quantitative estimate of drug-likeness (QED) is 0.375. The van der Waals surface area contributed by atoms with Gasteiger partial charge in [-0.2, -0.15) is 0 Å². The molecular weight excluding hydrogens is 395 g/mol. The van der Waals surface area contributed by atoms with Crippen LogP contribution < -0.4 is 0 Å². The van der Waals surface area contributed by atoms with Gasteiger partial charge in [0.15, 0.2) is 0 Å². The summed E-state index contributed by atoms with van der Waals surface area (Å²) in [6, 6.07) is 15.2. The highest BCUT2D eigenvalue weighted by Gasteiger charge is 2.28. The maximum absolute atomic E-state index is 10.0. The maximum Gasteiger partial charge on any atom is 0.458 e. The van der Waals surface area contributed by atoms with Crippen molar-refractivity contribution in [2.45, 2.75) is 45.0 Å². The molecule has 0 bridgehead atoms. The molecule has 0 spiro atoms. The second-order valence-electron chi connectivity index (χ2n) is 7.61. The van der Waals surface area contributed by atoms with E-state index in [0.717, 1.165) is 53.5 Å². The summed E-state index contributed by atoms with van der Waals surface area (Å²) in [6.07, 6.45) is 7.86. The molecule has 0 aliphatic carbocycles. The first kappa shape index (κ1) is 22.4. The van der Waals surface area contributed by atoms with Crippen LogP contribution >= 0.6 is 11.6 Å². The van der Waals surface area contributed by atoms with E-state index >= 15 is 0 Å². The summed E-state index contributed by atoms with van der Waals surface area (Å²) in [5.74, 6) is 0.146. The SMILES string of the molecule is C=C(CCC)C1=CCB(O)OC1CC/C(=C/c1ccc(O)cc1Cl)c1ccccc1. The fourth-order valence-electron chi connectivity index (χ4n) is 3.78. The number of hydrogen-bond acceptors (Lipinski definition) is 3. The van der Waals surface area contributed by atoms with Crippen LogP contribution in [0.15, 0.2) is 72.3 Å². The monoisotopic (exact) mass is 422 g/mol. The normalized spacial score (nSPS) is 17.0. The minimum absolute atomic E-state index is 0.146. The van der Waals surface area contributed by atoms with Gasteiger partial charge < -0.3 is 14.8 Å². The zero-order valence-electron chi connectivity index (χ0n) is 17.4. The van der Waals surface area contributed by atoms with Crippen LogP contribution in [-0.4, -0.2) is 23.4 Å². The summed E-state index contributed by atoms with van der Waals surface area (Å²) in [5.41, 5.74) is 5.27. The Kier molecular flexibility index (Phi) is 7.97. The molecule has 2 aromatic carbocycles. The lowest BCUT2D eigenvalue weighted by Crippen LogP contribution is -2.31. The highest BCUT2D eigenvalue weighted by Crippen LogP contribution is 2.33. The molecule has 2 aromatic rings. The van der Waals surface area contributed by atoms with Gasteiger partial charge in [0.1, 0.15) is 5.75 Å². The predicted molar refractivity (Wildman–Crippen MR) is 126 cm³/mol. The van der Waals surface area contributed by atoms with Crippen LogP contribution in [0.4, 0.5) is 0 Å². The number of allylic oxidation sites excluding steroid dienone is 2. The van der Waals surface area contributed by atoms with Gasteiger partial charge in [0.2, 0.25) is 0 Å². The van der Waals surface area contributed by atoms with Gasteiger partial charge in [0, 0.05) is 6.32 Å². The molecule has 0 amide bonds. The van der Waals surface area contributed by atoms with Gasteiger partial charge in [-0.15, -0.1) is 0 Å². The summed E-state index contributed by atoms with van der Waals surface area (Å²) >= 11 is 6.35. The number of halogens is 1. The molecule has 1 aliphatic heterocycles. The lowest BCUT2D eigenvalue weighted by Gasteiger charge is -2.28. The van der Waals surface area contributed by atoms with E-state index in [9.17, 15) is 10.1 Å². The van der Waals surface area contributed by atoms with Crippen molar-refractivity contribution < 1.29 is 14.8 Å². The Morgan fingerprint density at radius 3 is 2.70 bits per heavy atom. The zero-order valence-corrected chi connectivity index (χ0v) is 18.1. The number of aromatic hydroxyl groups is 1. The van der Waals surface area contributed by atoms with Crippen LogP contribution in [0.1, 0.15) is 43.7 Å². The Morgan fingerprint density at radius 2 is 2.00 bits per heavy atom. The average molecular weight is 423 g/mol. The summed E-state index contributed by atoms with van der Waals surface area (Å²) in [5, 5.41) is 20.2. The van der Waals surface area contributed by atoms with Crippen molar-refractivity contribution in [2.75, 3.05) is 0 Å². The van der Waals surface area contributed by atoms with Crippen molar-refractivity contribution in [2.24, 2.45) is 0 Å². The topological polar surface area (TPSA) is 49.7 Å². The first-order chi connectivity index (χ1) is 14.5. The molecular formula is C25H28BClO3. The van der Waals surface area contributed by atoms with E-state index in [1.54, 1.807) is 12.1 Å². The number of phenolic OH excluding ortho intramolecular Hbond substituents is 1. The molecule has 2 N–H and O–H groups in total. The van der Waals surface area contributed by atoms with Crippen LogP contribution in [0, 0.1) is 0 Å². The Hall–Kier alpha value is -2.27. The van der Waals surface area contributed by atoms with E-state index in [1.165, 1.54) is 0 Å². The zero-order chi connectivity index (χ0) is 21.5. The lowest BCUT2D eigenvalue weighted by molar-refractivity contribution is 0.184. The molecule has 1 unspecified atom stereocenters. The molecule has 0 fully saturated rings. The molecule has 156 valence electrons. The molecule has 1 heterocycles. The third-order valence-electron chi connectivity index (χ3n) is 5.30. The maximum atomic E-state index is 10.0. The fraction of sp³-hybridized carbons (Fsp3) is 0.280. The fourth-order valence-corrected chi connectivity index (χ4v) is 4.01. The van der Waals surface area contributed by atoms with E-state index in [4.69, 9.17) is 16.3 Å². The van der Waals surface area contributed by atoms with Crippen LogP contribution in [-0.2, 0) is 4.65 Å². The average Bonchev–Trinajstić information content (AvgIpc) is 2.73. The Labute approximate surface area is 184 Å². The second-order valence-corrected chi connectivity index (χ2v) is 8.02. The molecule has 1 aliphatic rings. The number of phenols is 1. The van der Waals surface area contributed by atoms with Crippen molar-refractivity contribution in [3.05, 3.63) is 88.5 Å². The molecule has 30 heavy (non-hydrogen) atoms. The van der Waals surface area contributed by atoms with E-state index in [2.05, 4.69) is 37.8 Å². The predicted octanol–water partition coefficient (Wildman–Crippen LogP) is 6.53. The highest BCUT2D eigenvalue weighted by atomic mass is 35.5. The minimum atomic E-state index is -0.774. The molecule has 0 saturated heterocycles. The van der Waals surface area contributed by atoms with E-state index in [1.807, 2.05) is 24.3 Å². The van der Waals surface area contributed by atoms with Crippen molar-refractivity contribution in [1.29, 1.82) is 0 Å². The van der Waals surface area contributed by atoms with Gasteiger partial charge >= 0.3 is 7.12 Å². The Balaban J connectivity index is 1.86. The van der Waals surface area contributed by atoms with Gasteiger partial charge in [-0.3, -0.25) is 0 Å². The lowest BCUT2D eigenvalue weighted by atomic mass is 9.77. The van der Waals surface area contributed by atoms with Crippen LogP contribution in [0.2, 0.25) is 11.3 Å². The molecule has 5 heteroatoms. The molecule has 3 rings (SSSR count). The molecule has 3 nitrogen and oxygen atoms in total. The van der Waals surface area contributed by atoms with E-state index < -0.39 is 7.12 Å². The third-order valence-corrected chi connectivity index (χ3v) is 5.63. The van der Waals surface area contributed by atoms with Crippen molar-refractivity contribution in [3.8, 4) is 5.75 Å². The van der Waals surface area contributed by atoms with Crippen molar-refractivity contribution in [3.63, 3.8) is 0 Å². The van der Waals surface area contributed by atoms with Crippen LogP contribution in [0.25, 0.3) is 11.6 Å². The Morgan fingerprint density at radius 1 is 1.23 bits per heavy atom. The first-order valence-corrected chi connectivity index (χ1v) is 10.8. The second kappa shape index (κ2) is 10.7. The van der Waals surface area contributed by atoms with Gasteiger partial charge in [-0.05, 0) is 71.4 Å². The standard InChI is InChI=1S/C25H28BClO3/c1-3-7-18(2)23-14-15-26(29)30-25(23)13-11-20(19-8-5-4-6-9-19)16-21-10-12-22(28)17-24(21)27/h4-6,8-10,12,14,16-17,25,28-29H,2-3,7,11,13,15H2,1H3/b20-16-. The van der Waals surface area contributed by atoms with Gasteiger partial charge in [0.05, 0.1) is 11.1 Å². The van der Waals surface area contributed by atoms with Gasteiger partial charge in [-0.1, -0.05) is 67.9 Å². The van der Waals surface area contributed by atoms with E-state index in [-0.39, 0.29) is 11.9 Å². The highest BCUT2D eigenvalue weighted by molar-refractivity contribution is 6.43. The summed E-state index contributed by atoms with van der Waals surface area (Å²) in [6.45, 7) is 6.37. The number of benzene rings is 2. The molecule has 0 saturated carbocycles. The molecule has 1 atom stereocenters. The van der Waals surface area contributed by atoms with Gasteiger partial charge in [0.25, 0.3) is 0 Å². The largest absolute Gasteiger partial charge is 0.508 e. The summed E-state index contributed by atoms with van der Waals surface area (Å²) < 4.78 is 5.88.